The summed E-state index contributed by atoms with van der Waals surface area (Å²) in [6, 6.07) is 9.71. The SMILES string of the molecule is CC(C)NCc1cc(F)c(Oc2ccccc2Br)c(F)c1. The van der Waals surface area contributed by atoms with Crippen molar-refractivity contribution in [1.29, 1.82) is 0 Å². The molecule has 2 rings (SSSR count). The van der Waals surface area contributed by atoms with Crippen molar-refractivity contribution in [2.75, 3.05) is 0 Å². The van der Waals surface area contributed by atoms with Crippen LogP contribution in [0, 0.1) is 11.6 Å². The van der Waals surface area contributed by atoms with E-state index in [9.17, 15) is 8.78 Å². The molecule has 0 bridgehead atoms. The second-order valence-electron chi connectivity index (χ2n) is 4.96. The molecule has 0 aromatic heterocycles. The summed E-state index contributed by atoms with van der Waals surface area (Å²) < 4.78 is 34.1. The highest BCUT2D eigenvalue weighted by atomic mass is 79.9. The summed E-state index contributed by atoms with van der Waals surface area (Å²) >= 11 is 3.28. The van der Waals surface area contributed by atoms with Crippen molar-refractivity contribution in [1.82, 2.24) is 5.32 Å². The molecule has 5 heteroatoms. The van der Waals surface area contributed by atoms with Crippen molar-refractivity contribution in [3.05, 3.63) is 58.1 Å². The highest BCUT2D eigenvalue weighted by Crippen LogP contribution is 2.33. The molecule has 0 aliphatic heterocycles. The lowest BCUT2D eigenvalue weighted by molar-refractivity contribution is 0.404. The van der Waals surface area contributed by atoms with Crippen molar-refractivity contribution in [2.24, 2.45) is 0 Å². The van der Waals surface area contributed by atoms with Crippen LogP contribution in [0.3, 0.4) is 0 Å². The molecule has 112 valence electrons. The molecule has 0 amide bonds. The molecule has 0 fully saturated rings. The first-order valence-corrected chi connectivity index (χ1v) is 7.40. The zero-order chi connectivity index (χ0) is 15.4. The van der Waals surface area contributed by atoms with Gasteiger partial charge in [-0.1, -0.05) is 26.0 Å². The van der Waals surface area contributed by atoms with Crippen molar-refractivity contribution in [3.8, 4) is 11.5 Å². The largest absolute Gasteiger partial charge is 0.450 e. The van der Waals surface area contributed by atoms with Crippen LogP contribution in [0.25, 0.3) is 0 Å². The first-order chi connectivity index (χ1) is 9.97. The van der Waals surface area contributed by atoms with E-state index < -0.39 is 17.4 Å². The number of halogens is 3. The Morgan fingerprint density at radius 1 is 1.14 bits per heavy atom. The van der Waals surface area contributed by atoms with E-state index in [-0.39, 0.29) is 6.04 Å². The lowest BCUT2D eigenvalue weighted by Gasteiger charge is -2.12. The van der Waals surface area contributed by atoms with Crippen LogP contribution in [0.1, 0.15) is 19.4 Å². The summed E-state index contributed by atoms with van der Waals surface area (Å²) in [5, 5.41) is 3.11. The fourth-order valence-electron chi connectivity index (χ4n) is 1.77. The van der Waals surface area contributed by atoms with Crippen LogP contribution in [-0.2, 0) is 6.54 Å². The molecule has 2 aromatic carbocycles. The highest BCUT2D eigenvalue weighted by molar-refractivity contribution is 9.10. The van der Waals surface area contributed by atoms with E-state index in [0.717, 1.165) is 0 Å². The molecular weight excluding hydrogens is 340 g/mol. The molecule has 0 unspecified atom stereocenters. The van der Waals surface area contributed by atoms with Gasteiger partial charge in [-0.3, -0.25) is 0 Å². The molecule has 0 heterocycles. The summed E-state index contributed by atoms with van der Waals surface area (Å²) in [4.78, 5) is 0. The number of hydrogen-bond donors (Lipinski definition) is 1. The number of rotatable bonds is 5. The third-order valence-electron chi connectivity index (χ3n) is 2.82. The predicted octanol–water partition coefficient (Wildman–Crippen LogP) is 5.02. The number of para-hydroxylation sites is 1. The molecule has 0 radical (unpaired) electrons. The molecule has 0 saturated heterocycles. The second-order valence-corrected chi connectivity index (χ2v) is 5.81. The van der Waals surface area contributed by atoms with Crippen molar-refractivity contribution in [3.63, 3.8) is 0 Å². The Morgan fingerprint density at radius 3 is 2.33 bits per heavy atom. The van der Waals surface area contributed by atoms with Crippen LogP contribution in [0.15, 0.2) is 40.9 Å². The van der Waals surface area contributed by atoms with E-state index in [1.807, 2.05) is 13.8 Å². The molecule has 0 saturated carbocycles. The minimum Gasteiger partial charge on any atom is -0.450 e. The third kappa shape index (κ3) is 4.25. The van der Waals surface area contributed by atoms with Gasteiger partial charge in [-0.05, 0) is 45.8 Å². The average Bonchev–Trinajstić information content (AvgIpc) is 2.42. The van der Waals surface area contributed by atoms with Crippen LogP contribution in [0.5, 0.6) is 11.5 Å². The zero-order valence-corrected chi connectivity index (χ0v) is 13.4. The van der Waals surface area contributed by atoms with Gasteiger partial charge >= 0.3 is 0 Å². The topological polar surface area (TPSA) is 21.3 Å². The first kappa shape index (κ1) is 15.9. The summed E-state index contributed by atoms with van der Waals surface area (Å²) in [5.41, 5.74) is 0.540. The van der Waals surface area contributed by atoms with Crippen LogP contribution in [-0.4, -0.2) is 6.04 Å². The summed E-state index contributed by atoms with van der Waals surface area (Å²) in [7, 11) is 0. The second kappa shape index (κ2) is 7.00. The Morgan fingerprint density at radius 2 is 1.76 bits per heavy atom. The van der Waals surface area contributed by atoms with Gasteiger partial charge in [-0.25, -0.2) is 8.78 Å². The molecule has 0 spiro atoms. The van der Waals surface area contributed by atoms with Gasteiger partial charge in [0.05, 0.1) is 4.47 Å². The van der Waals surface area contributed by atoms with Crippen molar-refractivity contribution in [2.45, 2.75) is 26.4 Å². The van der Waals surface area contributed by atoms with E-state index in [2.05, 4.69) is 21.2 Å². The van der Waals surface area contributed by atoms with E-state index in [1.54, 1.807) is 24.3 Å². The third-order valence-corrected chi connectivity index (χ3v) is 3.48. The number of hydrogen-bond acceptors (Lipinski definition) is 2. The van der Waals surface area contributed by atoms with Crippen LogP contribution in [0.2, 0.25) is 0 Å². The normalized spacial score (nSPS) is 11.0. The standard InChI is InChI=1S/C16H16BrF2NO/c1-10(2)20-9-11-7-13(18)16(14(19)8-11)21-15-6-4-3-5-12(15)17/h3-8,10,20H,9H2,1-2H3. The maximum atomic E-state index is 14.0. The van der Waals surface area contributed by atoms with Crippen molar-refractivity contribution >= 4 is 15.9 Å². The fourth-order valence-corrected chi connectivity index (χ4v) is 2.14. The quantitative estimate of drug-likeness (QED) is 0.813. The smallest absolute Gasteiger partial charge is 0.198 e. The monoisotopic (exact) mass is 355 g/mol. The average molecular weight is 356 g/mol. The van der Waals surface area contributed by atoms with Gasteiger partial charge in [0.1, 0.15) is 5.75 Å². The zero-order valence-electron chi connectivity index (χ0n) is 11.8. The van der Waals surface area contributed by atoms with Gasteiger partial charge in [-0.15, -0.1) is 0 Å². The van der Waals surface area contributed by atoms with E-state index in [0.29, 0.717) is 22.3 Å². The Hall–Kier alpha value is -1.46. The lowest BCUT2D eigenvalue weighted by Crippen LogP contribution is -2.22. The Bertz CT molecular complexity index is 608. The maximum Gasteiger partial charge on any atom is 0.198 e. The van der Waals surface area contributed by atoms with Gasteiger partial charge in [-0.2, -0.15) is 0 Å². The van der Waals surface area contributed by atoms with Crippen LogP contribution < -0.4 is 10.1 Å². The van der Waals surface area contributed by atoms with Crippen LogP contribution in [0.4, 0.5) is 8.78 Å². The maximum absolute atomic E-state index is 14.0. The molecular formula is C16H16BrF2NO. The molecule has 0 aliphatic rings. The Balaban J connectivity index is 2.23. The van der Waals surface area contributed by atoms with Crippen LogP contribution >= 0.6 is 15.9 Å². The molecule has 2 nitrogen and oxygen atoms in total. The number of nitrogens with one attached hydrogen (secondary N) is 1. The molecule has 1 N–H and O–H groups in total. The summed E-state index contributed by atoms with van der Waals surface area (Å²) in [5.74, 6) is -1.46. The fraction of sp³-hybridized carbons (Fsp3) is 0.250. The minimum atomic E-state index is -0.716. The molecule has 0 aliphatic carbocycles. The summed E-state index contributed by atoms with van der Waals surface area (Å²) in [6.07, 6.45) is 0. The van der Waals surface area contributed by atoms with Gasteiger partial charge in [0.2, 0.25) is 0 Å². The Kier molecular flexibility index (Phi) is 5.31. The van der Waals surface area contributed by atoms with Gasteiger partial charge in [0.15, 0.2) is 17.4 Å². The summed E-state index contributed by atoms with van der Waals surface area (Å²) in [6.45, 7) is 4.34. The van der Waals surface area contributed by atoms with E-state index in [1.165, 1.54) is 12.1 Å². The highest BCUT2D eigenvalue weighted by Gasteiger charge is 2.15. The first-order valence-electron chi connectivity index (χ1n) is 6.61. The van der Waals surface area contributed by atoms with Gasteiger partial charge in [0, 0.05) is 12.6 Å². The van der Waals surface area contributed by atoms with E-state index >= 15 is 0 Å². The number of benzene rings is 2. The Labute approximate surface area is 131 Å². The predicted molar refractivity (Wildman–Crippen MR) is 82.5 cm³/mol. The van der Waals surface area contributed by atoms with Crippen molar-refractivity contribution < 1.29 is 13.5 Å². The van der Waals surface area contributed by atoms with Gasteiger partial charge in [0.25, 0.3) is 0 Å². The molecule has 2 aromatic rings. The molecule has 0 atom stereocenters. The van der Waals surface area contributed by atoms with Gasteiger partial charge < -0.3 is 10.1 Å². The van der Waals surface area contributed by atoms with E-state index in [4.69, 9.17) is 4.74 Å². The lowest BCUT2D eigenvalue weighted by atomic mass is 10.2. The minimum absolute atomic E-state index is 0.243. The number of ether oxygens (including phenoxy) is 1. The molecule has 21 heavy (non-hydrogen) atoms.